The van der Waals surface area contributed by atoms with Crippen LogP contribution in [0, 0.1) is 19.3 Å². The van der Waals surface area contributed by atoms with Crippen molar-refractivity contribution >= 4 is 5.91 Å². The Kier molecular flexibility index (Phi) is 5.12. The molecule has 0 saturated heterocycles. The first-order valence-electron chi connectivity index (χ1n) is 6.86. The molecule has 1 atom stereocenters. The minimum Gasteiger partial charge on any atom is -0.341 e. The molecule has 0 aliphatic rings. The highest BCUT2D eigenvalue weighted by atomic mass is 16.2. The second kappa shape index (κ2) is 6.20. The summed E-state index contributed by atoms with van der Waals surface area (Å²) >= 11 is 0. The fourth-order valence-electron chi connectivity index (χ4n) is 2.19. The van der Waals surface area contributed by atoms with Gasteiger partial charge in [-0.2, -0.15) is 0 Å². The Bertz CT molecular complexity index is 450. The first-order chi connectivity index (χ1) is 8.84. The van der Waals surface area contributed by atoms with E-state index >= 15 is 0 Å². The van der Waals surface area contributed by atoms with Crippen LogP contribution in [0.5, 0.6) is 0 Å². The fourth-order valence-corrected chi connectivity index (χ4v) is 2.19. The molecule has 1 unspecified atom stereocenters. The molecular weight excluding hydrogens is 236 g/mol. The van der Waals surface area contributed by atoms with Gasteiger partial charge in [0.05, 0.1) is 5.41 Å². The Balaban J connectivity index is 2.85. The summed E-state index contributed by atoms with van der Waals surface area (Å²) in [6, 6.07) is 6.33. The third kappa shape index (κ3) is 3.57. The van der Waals surface area contributed by atoms with Gasteiger partial charge < -0.3 is 10.6 Å². The normalized spacial score (nSPS) is 14.0. The van der Waals surface area contributed by atoms with Crippen LogP contribution < -0.4 is 5.73 Å². The third-order valence-electron chi connectivity index (χ3n) is 4.00. The topological polar surface area (TPSA) is 46.3 Å². The molecule has 0 bridgehead atoms. The average Bonchev–Trinajstić information content (AvgIpc) is 2.40. The van der Waals surface area contributed by atoms with Crippen molar-refractivity contribution in [2.24, 2.45) is 11.1 Å². The van der Waals surface area contributed by atoms with Gasteiger partial charge >= 0.3 is 0 Å². The fraction of sp³-hybridized carbons (Fsp3) is 0.562. The Morgan fingerprint density at radius 3 is 2.47 bits per heavy atom. The zero-order valence-corrected chi connectivity index (χ0v) is 12.8. The number of carbonyl (C=O) groups excluding carboxylic acids is 1. The maximum atomic E-state index is 12.5. The summed E-state index contributed by atoms with van der Waals surface area (Å²) in [7, 11) is 1.85. The van der Waals surface area contributed by atoms with Crippen LogP contribution in [-0.4, -0.2) is 24.4 Å². The monoisotopic (exact) mass is 262 g/mol. The number of nitrogens with two attached hydrogens (primary N) is 1. The molecule has 0 aromatic heterocycles. The smallest absolute Gasteiger partial charge is 0.229 e. The summed E-state index contributed by atoms with van der Waals surface area (Å²) in [5, 5.41) is 0. The van der Waals surface area contributed by atoms with Crippen molar-refractivity contribution in [1.29, 1.82) is 0 Å². The van der Waals surface area contributed by atoms with Crippen LogP contribution in [-0.2, 0) is 11.3 Å². The van der Waals surface area contributed by atoms with Gasteiger partial charge in [0.1, 0.15) is 0 Å². The van der Waals surface area contributed by atoms with Gasteiger partial charge in [-0.1, -0.05) is 30.7 Å². The number of amides is 1. The van der Waals surface area contributed by atoms with Crippen LogP contribution >= 0.6 is 0 Å². The lowest BCUT2D eigenvalue weighted by atomic mass is 9.86. The minimum atomic E-state index is -0.451. The van der Waals surface area contributed by atoms with Gasteiger partial charge in [-0.25, -0.2) is 0 Å². The Labute approximate surface area is 116 Å². The van der Waals surface area contributed by atoms with E-state index in [0.717, 1.165) is 6.42 Å². The summed E-state index contributed by atoms with van der Waals surface area (Å²) in [6.45, 7) is 9.14. The zero-order valence-electron chi connectivity index (χ0n) is 12.8. The Morgan fingerprint density at radius 1 is 1.37 bits per heavy atom. The molecule has 0 saturated carbocycles. The van der Waals surface area contributed by atoms with E-state index in [-0.39, 0.29) is 5.91 Å². The van der Waals surface area contributed by atoms with Crippen LogP contribution in [0.25, 0.3) is 0 Å². The first kappa shape index (κ1) is 15.7. The third-order valence-corrected chi connectivity index (χ3v) is 4.00. The number of benzene rings is 1. The van der Waals surface area contributed by atoms with Gasteiger partial charge in [0.25, 0.3) is 0 Å². The molecule has 0 radical (unpaired) electrons. The molecule has 0 heterocycles. The summed E-state index contributed by atoms with van der Waals surface area (Å²) in [4.78, 5) is 14.2. The highest BCUT2D eigenvalue weighted by Gasteiger charge is 2.32. The molecule has 1 rings (SSSR count). The van der Waals surface area contributed by atoms with Gasteiger partial charge in [0.2, 0.25) is 5.91 Å². The number of carbonyl (C=O) groups is 1. The first-order valence-corrected chi connectivity index (χ1v) is 6.86. The maximum Gasteiger partial charge on any atom is 0.229 e. The van der Waals surface area contributed by atoms with E-state index in [9.17, 15) is 4.79 Å². The van der Waals surface area contributed by atoms with Gasteiger partial charge in [0.15, 0.2) is 0 Å². The quantitative estimate of drug-likeness (QED) is 0.886. The molecule has 3 nitrogen and oxygen atoms in total. The number of aryl methyl sites for hydroxylation is 2. The molecule has 1 aromatic rings. The standard InChI is InChI=1S/C16H26N2O/c1-6-16(4,11-17)15(19)18(5)10-14-8-7-12(2)9-13(14)3/h7-9H,6,10-11,17H2,1-5H3. The van der Waals surface area contributed by atoms with E-state index in [0.29, 0.717) is 13.1 Å². The zero-order chi connectivity index (χ0) is 14.6. The van der Waals surface area contributed by atoms with Gasteiger partial charge in [-0.05, 0) is 38.3 Å². The van der Waals surface area contributed by atoms with Crippen molar-refractivity contribution in [2.75, 3.05) is 13.6 Å². The molecule has 0 fully saturated rings. The lowest BCUT2D eigenvalue weighted by Crippen LogP contribution is -2.44. The molecule has 0 spiro atoms. The van der Waals surface area contributed by atoms with Crippen LogP contribution in [0.2, 0.25) is 0 Å². The summed E-state index contributed by atoms with van der Waals surface area (Å²) < 4.78 is 0. The predicted octanol–water partition coefficient (Wildman–Crippen LogP) is 2.64. The van der Waals surface area contributed by atoms with Crippen molar-refractivity contribution in [3.8, 4) is 0 Å². The van der Waals surface area contributed by atoms with Crippen molar-refractivity contribution in [1.82, 2.24) is 4.90 Å². The van der Waals surface area contributed by atoms with Crippen LogP contribution in [0.3, 0.4) is 0 Å². The van der Waals surface area contributed by atoms with E-state index in [2.05, 4.69) is 32.0 Å². The second-order valence-electron chi connectivity index (χ2n) is 5.71. The van der Waals surface area contributed by atoms with E-state index in [1.807, 2.05) is 20.9 Å². The Hall–Kier alpha value is -1.35. The molecule has 106 valence electrons. The molecule has 1 amide bonds. The number of hydrogen-bond acceptors (Lipinski definition) is 2. The van der Waals surface area contributed by atoms with Gasteiger partial charge in [-0.3, -0.25) is 4.79 Å². The van der Waals surface area contributed by atoms with Crippen molar-refractivity contribution < 1.29 is 4.79 Å². The molecule has 0 aliphatic heterocycles. The summed E-state index contributed by atoms with van der Waals surface area (Å²) in [5.41, 5.74) is 8.97. The minimum absolute atomic E-state index is 0.123. The lowest BCUT2D eigenvalue weighted by molar-refractivity contribution is -0.140. The van der Waals surface area contributed by atoms with E-state index in [1.165, 1.54) is 16.7 Å². The van der Waals surface area contributed by atoms with E-state index in [4.69, 9.17) is 5.73 Å². The molecule has 2 N–H and O–H groups in total. The number of rotatable bonds is 5. The van der Waals surface area contributed by atoms with Crippen molar-refractivity contribution in [2.45, 2.75) is 40.7 Å². The Morgan fingerprint density at radius 2 is 2.00 bits per heavy atom. The van der Waals surface area contributed by atoms with E-state index in [1.54, 1.807) is 4.90 Å². The lowest BCUT2D eigenvalue weighted by Gasteiger charge is -2.31. The highest BCUT2D eigenvalue weighted by molar-refractivity contribution is 5.82. The van der Waals surface area contributed by atoms with Gasteiger partial charge in [-0.15, -0.1) is 0 Å². The van der Waals surface area contributed by atoms with Crippen LogP contribution in [0.15, 0.2) is 18.2 Å². The van der Waals surface area contributed by atoms with Crippen LogP contribution in [0.1, 0.15) is 37.0 Å². The predicted molar refractivity (Wildman–Crippen MR) is 79.8 cm³/mol. The number of hydrogen-bond donors (Lipinski definition) is 1. The van der Waals surface area contributed by atoms with Crippen molar-refractivity contribution in [3.05, 3.63) is 34.9 Å². The number of nitrogens with zero attached hydrogens (tertiary/aromatic N) is 1. The molecule has 1 aromatic carbocycles. The van der Waals surface area contributed by atoms with Crippen LogP contribution in [0.4, 0.5) is 0 Å². The largest absolute Gasteiger partial charge is 0.341 e. The molecule has 3 heteroatoms. The second-order valence-corrected chi connectivity index (χ2v) is 5.71. The molecular formula is C16H26N2O. The highest BCUT2D eigenvalue weighted by Crippen LogP contribution is 2.23. The van der Waals surface area contributed by atoms with Crippen molar-refractivity contribution in [3.63, 3.8) is 0 Å². The summed E-state index contributed by atoms with van der Waals surface area (Å²) in [6.07, 6.45) is 0.763. The van der Waals surface area contributed by atoms with Gasteiger partial charge in [0, 0.05) is 20.1 Å². The molecule has 0 aliphatic carbocycles. The maximum absolute atomic E-state index is 12.5. The SMILES string of the molecule is CCC(C)(CN)C(=O)N(C)Cc1ccc(C)cc1C. The van der Waals surface area contributed by atoms with E-state index < -0.39 is 5.41 Å². The average molecular weight is 262 g/mol. The molecule has 19 heavy (non-hydrogen) atoms. The summed E-state index contributed by atoms with van der Waals surface area (Å²) in [5.74, 6) is 0.123.